The molecule has 1 saturated carbocycles. The van der Waals surface area contributed by atoms with E-state index >= 15 is 4.79 Å². The van der Waals surface area contributed by atoms with Crippen molar-refractivity contribution in [2.24, 2.45) is 0 Å². The Morgan fingerprint density at radius 3 is 2.07 bits per heavy atom. The van der Waals surface area contributed by atoms with Gasteiger partial charge in [0.2, 0.25) is 0 Å². The van der Waals surface area contributed by atoms with Crippen LogP contribution in [0.5, 0.6) is 11.5 Å². The summed E-state index contributed by atoms with van der Waals surface area (Å²) in [5, 5.41) is 18.6. The molecule has 0 radical (unpaired) electrons. The molecule has 1 saturated heterocycles. The molecule has 0 spiro atoms. The normalized spacial score (nSPS) is 16.3. The Morgan fingerprint density at radius 1 is 0.775 bits per heavy atom. The number of benzene rings is 3. The Hall–Kier alpha value is -6.56. The molecule has 0 N–H and O–H groups in total. The molecule has 21 nitrogen and oxygen atoms in total. The highest BCUT2D eigenvalue weighted by Crippen LogP contribution is 2.42. The number of hydrogen-bond acceptors (Lipinski definition) is 16. The minimum Gasteiger partial charge on any atom is -0.491 e. The number of carbonyl (C=O) groups is 3. The number of fused-ring (bicyclic) bond motifs is 2. The van der Waals surface area contributed by atoms with E-state index in [1.54, 1.807) is 12.0 Å². The van der Waals surface area contributed by atoms with E-state index in [9.17, 15) is 38.6 Å². The van der Waals surface area contributed by atoms with Gasteiger partial charge in [0, 0.05) is 38.4 Å². The number of piperazine rings is 1. The second-order valence-electron chi connectivity index (χ2n) is 16.5. The fourth-order valence-corrected chi connectivity index (χ4v) is 8.45. The van der Waals surface area contributed by atoms with Crippen molar-refractivity contribution >= 4 is 35.3 Å². The monoisotopic (exact) mass is 1020 g/mol. The maximum absolute atomic E-state index is 15.6. The van der Waals surface area contributed by atoms with Gasteiger partial charge in [-0.2, -0.15) is 0 Å². The van der Waals surface area contributed by atoms with E-state index in [0.717, 1.165) is 41.7 Å². The summed E-state index contributed by atoms with van der Waals surface area (Å²) in [5.74, 6) is -1.66. The van der Waals surface area contributed by atoms with Crippen molar-refractivity contribution in [1.82, 2.24) is 14.7 Å². The highest BCUT2D eigenvalue weighted by atomic mass is 35.5. The van der Waals surface area contributed by atoms with Gasteiger partial charge in [-0.15, -0.1) is 20.2 Å². The second-order valence-corrected chi connectivity index (χ2v) is 16.9. The summed E-state index contributed by atoms with van der Waals surface area (Å²) in [7, 11) is 1.58. The van der Waals surface area contributed by atoms with Gasteiger partial charge in [-0.25, -0.2) is 18.4 Å². The molecule has 1 aliphatic carbocycles. The Bertz CT molecular complexity index is 2360. The molecule has 0 aromatic heterocycles. The molecule has 2 bridgehead atoms. The lowest BCUT2D eigenvalue weighted by molar-refractivity contribution is -0.758. The summed E-state index contributed by atoms with van der Waals surface area (Å²) in [4.78, 5) is 77.7. The lowest BCUT2D eigenvalue weighted by atomic mass is 9.81. The van der Waals surface area contributed by atoms with Gasteiger partial charge in [-0.3, -0.25) is 9.69 Å². The summed E-state index contributed by atoms with van der Waals surface area (Å²) >= 11 is 5.93. The van der Waals surface area contributed by atoms with Crippen LogP contribution in [0.2, 0.25) is 5.02 Å². The van der Waals surface area contributed by atoms with E-state index in [1.165, 1.54) is 9.80 Å². The van der Waals surface area contributed by atoms with Crippen LogP contribution in [-0.2, 0) is 51.1 Å². The van der Waals surface area contributed by atoms with Crippen LogP contribution >= 0.6 is 11.6 Å². The fraction of sp³-hybridized carbons (Fsp3) is 0.511. The smallest absolute Gasteiger partial charge is 0.410 e. The first-order valence-electron chi connectivity index (χ1n) is 22.9. The number of carbonyl (C=O) groups excluding carboxylic acids is 3. The predicted molar refractivity (Wildman–Crippen MR) is 246 cm³/mol. The highest BCUT2D eigenvalue weighted by Gasteiger charge is 2.50. The summed E-state index contributed by atoms with van der Waals surface area (Å²) in [5.41, 5.74) is 4.19. The molecule has 3 amide bonds. The molecule has 3 aromatic rings. The first-order chi connectivity index (χ1) is 34.3. The third-order valence-corrected chi connectivity index (χ3v) is 12.1. The van der Waals surface area contributed by atoms with Crippen molar-refractivity contribution in [3.8, 4) is 11.5 Å². The third-order valence-electron chi connectivity index (χ3n) is 11.8. The minimum atomic E-state index is -1.05. The summed E-state index contributed by atoms with van der Waals surface area (Å²) < 4.78 is 66.8. The summed E-state index contributed by atoms with van der Waals surface area (Å²) in [6.07, 6.45) is 0.984. The first kappa shape index (κ1) is 53.8. The van der Waals surface area contributed by atoms with Crippen LogP contribution in [0, 0.1) is 38.8 Å². The number of aryl methyl sites for hydroxylation is 1. The largest absolute Gasteiger partial charge is 0.491 e. The lowest BCUT2D eigenvalue weighted by Crippen LogP contribution is -2.65. The van der Waals surface area contributed by atoms with E-state index in [2.05, 4.69) is 9.68 Å². The number of halogens is 3. The molecular formula is C47H56ClF2N5O16. The van der Waals surface area contributed by atoms with Crippen molar-refractivity contribution in [3.63, 3.8) is 0 Å². The van der Waals surface area contributed by atoms with Gasteiger partial charge >= 0.3 is 12.2 Å². The average molecular weight is 1020 g/mol. The number of amides is 3. The molecule has 2 fully saturated rings. The molecule has 71 heavy (non-hydrogen) atoms. The molecule has 2 atom stereocenters. The van der Waals surface area contributed by atoms with Crippen molar-refractivity contribution in [3.05, 3.63) is 119 Å². The number of rotatable bonds is 28. The number of ether oxygens (including phenoxy) is 7. The Morgan fingerprint density at radius 2 is 1.42 bits per heavy atom. The molecular weight excluding hydrogens is 964 g/mol. The van der Waals surface area contributed by atoms with Gasteiger partial charge in [-0.05, 0) is 85.1 Å². The van der Waals surface area contributed by atoms with Gasteiger partial charge in [0.25, 0.3) is 16.1 Å². The Kier molecular flexibility index (Phi) is 20.1. The van der Waals surface area contributed by atoms with Crippen LogP contribution in [0.4, 0.5) is 18.4 Å². The van der Waals surface area contributed by atoms with E-state index in [4.69, 9.17) is 44.8 Å². The molecule has 24 heteroatoms. The van der Waals surface area contributed by atoms with Gasteiger partial charge in [0.05, 0.1) is 51.7 Å². The zero-order valence-electron chi connectivity index (χ0n) is 39.3. The highest BCUT2D eigenvalue weighted by molar-refractivity contribution is 6.32. The molecule has 2 aliphatic heterocycles. The average Bonchev–Trinajstić information content (AvgIpc) is 4.19. The maximum Gasteiger partial charge on any atom is 0.410 e. The van der Waals surface area contributed by atoms with E-state index in [1.807, 2.05) is 49.4 Å². The van der Waals surface area contributed by atoms with E-state index < -0.39 is 51.1 Å². The standard InChI is InChI=1S/C47H56ClF2N5O16/c1-31-34(6-3-7-41(31)66-22-17-63-2)28-52(35-12-13-35)45(56)42-37(33-10-8-32(9-11-33)5-4-16-67-44-39(50)15-14-38(49)43(44)48)27-36-29-51(46(57)68-23-18-64-20-25-70-54(59)60)30-40(42)53(36)47(58)69-24-19-65-21-26-71-55(61)62/h3,6-11,14-15,35-36,40H,4-5,12-13,16-30H2,1-2H3. The number of nitrogens with zero attached hydrogens (tertiary/aromatic N) is 5. The van der Waals surface area contributed by atoms with Crippen LogP contribution in [0.15, 0.2) is 60.2 Å². The topological polar surface area (TPSA) is 230 Å². The van der Waals surface area contributed by atoms with Gasteiger partial charge < -0.3 is 52.6 Å². The zero-order chi connectivity index (χ0) is 50.9. The number of hydrogen-bond donors (Lipinski definition) is 0. The van der Waals surface area contributed by atoms with E-state index in [0.29, 0.717) is 42.9 Å². The Labute approximate surface area is 412 Å². The van der Waals surface area contributed by atoms with Gasteiger partial charge in [0.1, 0.15) is 49.6 Å². The van der Waals surface area contributed by atoms with Crippen molar-refractivity contribution in [2.75, 3.05) is 92.9 Å². The van der Waals surface area contributed by atoms with Crippen molar-refractivity contribution in [1.29, 1.82) is 0 Å². The fourth-order valence-electron chi connectivity index (χ4n) is 8.24. The van der Waals surface area contributed by atoms with Crippen molar-refractivity contribution in [2.45, 2.75) is 63.7 Å². The second kappa shape index (κ2) is 26.6. The molecule has 2 unspecified atom stereocenters. The summed E-state index contributed by atoms with van der Waals surface area (Å²) in [6.45, 7) is 1.15. The summed E-state index contributed by atoms with van der Waals surface area (Å²) in [6, 6.07) is 13.1. The lowest BCUT2D eigenvalue weighted by Gasteiger charge is -2.50. The SMILES string of the molecule is COCCOc1cccc(CN(C(=O)C2=C(c3ccc(CCCOc4c(F)ccc(F)c4Cl)cc3)CC3CN(C(=O)OCCOCCO[N+](=O)[O-])CC2N3C(=O)OCCOCCO[N+](=O)[O-])C2CC2)c1C. The maximum atomic E-state index is 15.6. The predicted octanol–water partition coefficient (Wildman–Crippen LogP) is 6.39. The van der Waals surface area contributed by atoms with Crippen LogP contribution in [-0.4, -0.2) is 154 Å². The molecule has 3 aliphatic rings. The third kappa shape index (κ3) is 15.2. The molecule has 386 valence electrons. The van der Waals surface area contributed by atoms with E-state index in [-0.39, 0.29) is 109 Å². The van der Waals surface area contributed by atoms with Crippen LogP contribution in [0.25, 0.3) is 5.57 Å². The minimum absolute atomic E-state index is 0.0168. The number of methoxy groups -OCH3 is 1. The van der Waals surface area contributed by atoms with Crippen molar-refractivity contribution < 1.29 is 76.2 Å². The molecule has 3 aromatic carbocycles. The quantitative estimate of drug-likeness (QED) is 0.0332. The van der Waals surface area contributed by atoms with Crippen LogP contribution in [0.1, 0.15) is 47.9 Å². The zero-order valence-corrected chi connectivity index (χ0v) is 40.0. The van der Waals surface area contributed by atoms with Crippen LogP contribution < -0.4 is 9.47 Å². The van der Waals surface area contributed by atoms with Gasteiger partial charge in [-0.1, -0.05) is 48.0 Å². The van der Waals surface area contributed by atoms with Gasteiger partial charge in [0.15, 0.2) is 11.6 Å². The van der Waals surface area contributed by atoms with Crippen LogP contribution in [0.3, 0.4) is 0 Å². The Balaban J connectivity index is 1.29. The first-order valence-corrected chi connectivity index (χ1v) is 23.3. The molecule has 6 rings (SSSR count). The molecule has 2 heterocycles.